The molecule has 0 radical (unpaired) electrons. The average molecular weight is 424 g/mol. The number of aryl methyl sites for hydroxylation is 1. The second-order valence-corrected chi connectivity index (χ2v) is 7.05. The van der Waals surface area contributed by atoms with E-state index in [4.69, 9.17) is 4.11 Å². The van der Waals surface area contributed by atoms with E-state index in [1.807, 2.05) is 43.8 Å². The first-order valence-electron chi connectivity index (χ1n) is 10.9. The Hall–Kier alpha value is -4.08. The van der Waals surface area contributed by atoms with Crippen LogP contribution in [0.1, 0.15) is 20.0 Å². The van der Waals surface area contributed by atoms with E-state index in [1.165, 1.54) is 19.4 Å². The third-order valence-corrected chi connectivity index (χ3v) is 4.93. The summed E-state index contributed by atoms with van der Waals surface area (Å²) in [5.41, 5.74) is 4.61. The topological polar surface area (TPSA) is 113 Å². The van der Waals surface area contributed by atoms with Gasteiger partial charge in [0.05, 0.1) is 35.4 Å². The summed E-state index contributed by atoms with van der Waals surface area (Å²) in [6.45, 7) is -2.05. The zero-order valence-electron chi connectivity index (χ0n) is 20.2. The number of ether oxygens (including phenoxy) is 1. The zero-order valence-corrected chi connectivity index (χ0v) is 17.2. The summed E-state index contributed by atoms with van der Waals surface area (Å²) in [4.78, 5) is 30.4. The van der Waals surface area contributed by atoms with Gasteiger partial charge in [0.15, 0.2) is 0 Å². The summed E-state index contributed by atoms with van der Waals surface area (Å²) in [7, 11) is 5.02. The molecule has 1 aliphatic rings. The molecule has 0 bridgehead atoms. The molecule has 3 N–H and O–H groups in total. The van der Waals surface area contributed by atoms with Gasteiger partial charge in [0.1, 0.15) is 5.82 Å². The summed E-state index contributed by atoms with van der Waals surface area (Å²) in [6, 6.07) is 7.08. The Kier molecular flexibility index (Phi) is 4.29. The molecule has 0 spiro atoms. The van der Waals surface area contributed by atoms with Gasteiger partial charge >= 0.3 is 6.09 Å². The summed E-state index contributed by atoms with van der Waals surface area (Å²) >= 11 is 0. The number of benzene rings is 1. The van der Waals surface area contributed by atoms with E-state index in [1.54, 1.807) is 4.68 Å². The van der Waals surface area contributed by atoms with Gasteiger partial charge in [-0.25, -0.2) is 9.78 Å². The molecule has 2 aromatic heterocycles. The van der Waals surface area contributed by atoms with E-state index in [-0.39, 0.29) is 17.1 Å². The predicted molar refractivity (Wildman–Crippen MR) is 118 cm³/mol. The quantitative estimate of drug-likeness (QED) is 0.590. The van der Waals surface area contributed by atoms with Crippen LogP contribution >= 0.6 is 0 Å². The van der Waals surface area contributed by atoms with Crippen molar-refractivity contribution in [3.8, 4) is 11.3 Å². The second-order valence-electron chi connectivity index (χ2n) is 7.05. The maximum atomic E-state index is 12.7. The number of carbonyl (C=O) groups excluding carboxylic acids is 2. The highest BCUT2D eigenvalue weighted by atomic mass is 16.5. The van der Waals surface area contributed by atoms with Crippen LogP contribution in [0.4, 0.5) is 27.7 Å². The minimum absolute atomic E-state index is 0.0128. The van der Waals surface area contributed by atoms with Crippen LogP contribution in [-0.2, 0) is 18.3 Å². The van der Waals surface area contributed by atoms with Crippen LogP contribution in [0, 0.1) is 0 Å². The highest BCUT2D eigenvalue weighted by molar-refractivity contribution is 6.02. The highest BCUT2D eigenvalue weighted by Gasteiger charge is 2.25. The summed E-state index contributed by atoms with van der Waals surface area (Å²) in [5, 5.41) is 12.2. The SMILES string of the molecule is [2H]C([2H])([2H])NC(=O)c1cnc(NC(=O)OC)cc1Nc1cccc2c1N(C)Cc1cn(C)nc1-2. The maximum absolute atomic E-state index is 12.7. The Morgan fingerprint density at radius 2 is 2.10 bits per heavy atom. The zero-order chi connectivity index (χ0) is 24.6. The Morgan fingerprint density at radius 3 is 2.87 bits per heavy atom. The van der Waals surface area contributed by atoms with Crippen molar-refractivity contribution < 1.29 is 18.4 Å². The van der Waals surface area contributed by atoms with Gasteiger partial charge in [-0.15, -0.1) is 0 Å². The largest absolute Gasteiger partial charge is 0.453 e. The van der Waals surface area contributed by atoms with Crippen molar-refractivity contribution >= 4 is 34.9 Å². The lowest BCUT2D eigenvalue weighted by Crippen LogP contribution is -2.23. The Balaban J connectivity index is 1.78. The van der Waals surface area contributed by atoms with Gasteiger partial charge in [-0.1, -0.05) is 12.1 Å². The number of pyridine rings is 1. The first-order chi connectivity index (χ1) is 16.1. The number of fused-ring (bicyclic) bond motifs is 3. The molecule has 0 saturated heterocycles. The van der Waals surface area contributed by atoms with E-state index >= 15 is 0 Å². The van der Waals surface area contributed by atoms with Crippen LogP contribution in [0.2, 0.25) is 0 Å². The Labute approximate surface area is 183 Å². The van der Waals surface area contributed by atoms with E-state index in [9.17, 15) is 9.59 Å². The fourth-order valence-corrected chi connectivity index (χ4v) is 3.64. The number of methoxy groups -OCH3 is 1. The van der Waals surface area contributed by atoms with Gasteiger partial charge in [0, 0.05) is 61.3 Å². The van der Waals surface area contributed by atoms with E-state index in [0.29, 0.717) is 12.2 Å². The van der Waals surface area contributed by atoms with Crippen molar-refractivity contribution in [3.63, 3.8) is 0 Å². The number of rotatable bonds is 4. The van der Waals surface area contributed by atoms with Crippen molar-refractivity contribution in [1.29, 1.82) is 0 Å². The molecule has 0 saturated carbocycles. The monoisotopic (exact) mass is 424 g/mol. The van der Waals surface area contributed by atoms with Gasteiger partial charge in [-0.3, -0.25) is 14.8 Å². The standard InChI is InChI=1S/C21H23N7O3/c1-22-20(29)14-9-23-17(25-21(30)31-4)8-16(14)24-15-7-5-6-13-18-12(11-28(3)26-18)10-27(2)19(13)15/h5-9,11H,10H2,1-4H3,(H,22,29)(H2,23,24,25,30)/i1D3. The molecule has 1 aromatic carbocycles. The number of aromatic nitrogens is 3. The fraction of sp³-hybridized carbons (Fsp3) is 0.238. The van der Waals surface area contributed by atoms with Crippen LogP contribution in [0.15, 0.2) is 36.7 Å². The molecule has 4 rings (SSSR count). The molecule has 3 heterocycles. The molecule has 160 valence electrons. The van der Waals surface area contributed by atoms with E-state index in [0.717, 1.165) is 22.5 Å². The third-order valence-electron chi connectivity index (χ3n) is 4.93. The molecular formula is C21H23N7O3. The molecule has 0 aliphatic carbocycles. The molecule has 10 nitrogen and oxygen atoms in total. The summed E-state index contributed by atoms with van der Waals surface area (Å²) in [6.07, 6.45) is 2.42. The van der Waals surface area contributed by atoms with Crippen molar-refractivity contribution in [2.45, 2.75) is 6.54 Å². The van der Waals surface area contributed by atoms with Crippen LogP contribution < -0.4 is 20.9 Å². The smallest absolute Gasteiger partial charge is 0.412 e. The van der Waals surface area contributed by atoms with Crippen molar-refractivity contribution in [3.05, 3.63) is 47.8 Å². The Bertz CT molecular complexity index is 1270. The number of para-hydroxylation sites is 1. The molecule has 31 heavy (non-hydrogen) atoms. The number of anilines is 4. The maximum Gasteiger partial charge on any atom is 0.412 e. The number of amides is 2. The number of hydrogen-bond donors (Lipinski definition) is 3. The predicted octanol–water partition coefficient (Wildman–Crippen LogP) is 2.71. The number of nitrogens with one attached hydrogen (secondary N) is 3. The lowest BCUT2D eigenvalue weighted by Gasteiger charge is -2.29. The molecule has 2 amide bonds. The lowest BCUT2D eigenvalue weighted by atomic mass is 9.99. The van der Waals surface area contributed by atoms with Crippen LogP contribution in [0.25, 0.3) is 11.3 Å². The minimum Gasteiger partial charge on any atom is -0.453 e. The van der Waals surface area contributed by atoms with Gasteiger partial charge in [0.25, 0.3) is 5.91 Å². The van der Waals surface area contributed by atoms with Crippen LogP contribution in [0.3, 0.4) is 0 Å². The average Bonchev–Trinajstić information content (AvgIpc) is 3.12. The van der Waals surface area contributed by atoms with Crippen molar-refractivity contribution in [2.75, 3.05) is 36.7 Å². The fourth-order valence-electron chi connectivity index (χ4n) is 3.64. The van der Waals surface area contributed by atoms with Crippen molar-refractivity contribution in [1.82, 2.24) is 20.1 Å². The number of nitrogens with zero attached hydrogens (tertiary/aromatic N) is 4. The second kappa shape index (κ2) is 7.98. The van der Waals surface area contributed by atoms with Crippen LogP contribution in [-0.4, -0.2) is 47.9 Å². The van der Waals surface area contributed by atoms with E-state index in [2.05, 4.69) is 30.4 Å². The first kappa shape index (κ1) is 16.7. The molecular weight excluding hydrogens is 398 g/mol. The number of carbonyl (C=O) groups is 2. The summed E-state index contributed by atoms with van der Waals surface area (Å²) < 4.78 is 28.4. The third kappa shape index (κ3) is 3.75. The molecule has 0 unspecified atom stereocenters. The highest BCUT2D eigenvalue weighted by Crippen LogP contribution is 2.43. The van der Waals surface area contributed by atoms with E-state index < -0.39 is 19.0 Å². The molecule has 0 atom stereocenters. The Morgan fingerprint density at radius 1 is 1.26 bits per heavy atom. The molecule has 0 fully saturated rings. The van der Waals surface area contributed by atoms with Gasteiger partial charge < -0.3 is 20.3 Å². The van der Waals surface area contributed by atoms with Gasteiger partial charge in [-0.2, -0.15) is 5.10 Å². The number of hydrogen-bond acceptors (Lipinski definition) is 7. The molecule has 3 aromatic rings. The lowest BCUT2D eigenvalue weighted by molar-refractivity contribution is 0.0963. The normalized spacial score (nSPS) is 13.8. The molecule has 10 heteroatoms. The first-order valence-corrected chi connectivity index (χ1v) is 9.37. The minimum atomic E-state index is -2.68. The summed E-state index contributed by atoms with van der Waals surface area (Å²) in [5.74, 6) is -0.727. The molecule has 1 aliphatic heterocycles. The van der Waals surface area contributed by atoms with Gasteiger partial charge in [0.2, 0.25) is 0 Å². The van der Waals surface area contributed by atoms with Crippen LogP contribution in [0.5, 0.6) is 0 Å². The van der Waals surface area contributed by atoms with Gasteiger partial charge in [-0.05, 0) is 6.07 Å². The van der Waals surface area contributed by atoms with Crippen molar-refractivity contribution in [2.24, 2.45) is 7.05 Å².